The summed E-state index contributed by atoms with van der Waals surface area (Å²) in [6.45, 7) is 3.65. The van der Waals surface area contributed by atoms with Crippen molar-refractivity contribution in [3.8, 4) is 23.0 Å². The Bertz CT molecular complexity index is 664. The van der Waals surface area contributed by atoms with E-state index in [9.17, 15) is 0 Å². The molecule has 0 radical (unpaired) electrons. The highest BCUT2D eigenvalue weighted by atomic mass is 31.2. The van der Waals surface area contributed by atoms with Crippen molar-refractivity contribution in [1.29, 1.82) is 0 Å². The van der Waals surface area contributed by atoms with Gasteiger partial charge in [0.05, 0.1) is 0 Å². The van der Waals surface area contributed by atoms with E-state index >= 15 is 0 Å². The highest BCUT2D eigenvalue weighted by molar-refractivity contribution is 7.46. The maximum atomic E-state index is 6.01. The summed E-state index contributed by atoms with van der Waals surface area (Å²) in [4.78, 5) is 0. The van der Waals surface area contributed by atoms with E-state index in [0.717, 1.165) is 55.6 Å². The largest absolute Gasteiger partial charge is 0.423 e. The molecule has 2 aromatic rings. The van der Waals surface area contributed by atoms with Crippen LogP contribution in [0.4, 0.5) is 0 Å². The third kappa shape index (κ3) is 3.04. The molecule has 0 aromatic heterocycles. The second-order valence-electron chi connectivity index (χ2n) is 6.00. The van der Waals surface area contributed by atoms with Gasteiger partial charge in [-0.15, -0.1) is 0 Å². The molecular weight excluding hydrogens is 358 g/mol. The van der Waals surface area contributed by atoms with Crippen LogP contribution in [0.3, 0.4) is 0 Å². The smallest absolute Gasteiger partial charge is 0.384 e. The first-order valence-electron chi connectivity index (χ1n) is 8.37. The zero-order valence-corrected chi connectivity index (χ0v) is 15.4. The number of para-hydroxylation sites is 4. The summed E-state index contributed by atoms with van der Waals surface area (Å²) < 4.78 is 28.6. The van der Waals surface area contributed by atoms with E-state index in [1.807, 2.05) is 48.5 Å². The molecule has 8 heteroatoms. The van der Waals surface area contributed by atoms with E-state index < -0.39 is 17.1 Å². The molecule has 3 aliphatic rings. The van der Waals surface area contributed by atoms with Crippen molar-refractivity contribution in [1.82, 2.24) is 9.34 Å². The summed E-state index contributed by atoms with van der Waals surface area (Å²) in [6.07, 6.45) is 1.03. The third-order valence-corrected chi connectivity index (χ3v) is 7.45. The molecule has 0 spiro atoms. The quantitative estimate of drug-likeness (QED) is 0.725. The molecule has 3 aliphatic heterocycles. The molecule has 1 saturated heterocycles. The van der Waals surface area contributed by atoms with Gasteiger partial charge in [0, 0.05) is 26.2 Å². The van der Waals surface area contributed by atoms with Gasteiger partial charge in [-0.25, -0.2) is 9.34 Å². The summed E-state index contributed by atoms with van der Waals surface area (Å²) in [5.41, 5.74) is 0. The van der Waals surface area contributed by atoms with Crippen molar-refractivity contribution in [2.24, 2.45) is 0 Å². The van der Waals surface area contributed by atoms with Crippen LogP contribution in [0, 0.1) is 0 Å². The zero-order chi connectivity index (χ0) is 16.6. The van der Waals surface area contributed by atoms with Gasteiger partial charge in [0.2, 0.25) is 0 Å². The average Bonchev–Trinajstić information content (AvgIpc) is 3.19. The fourth-order valence-corrected chi connectivity index (χ4v) is 5.95. The van der Waals surface area contributed by atoms with Crippen LogP contribution in [0.15, 0.2) is 48.5 Å². The Morgan fingerprint density at radius 2 is 0.920 bits per heavy atom. The van der Waals surface area contributed by atoms with Crippen molar-refractivity contribution >= 4 is 17.1 Å². The van der Waals surface area contributed by atoms with E-state index in [1.165, 1.54) is 0 Å². The molecule has 0 atom stereocenters. The van der Waals surface area contributed by atoms with Crippen molar-refractivity contribution < 1.29 is 18.1 Å². The standard InChI is InChI=1S/C17H18N2O4P2/c1-2-7-15-14(6-1)20-24(21-15)18-10-5-11-19(13-12-18)25-22-16-8-3-4-9-17(16)23-25/h1-4,6-9H,5,10-13H2. The second-order valence-corrected chi connectivity index (χ2v) is 8.81. The fraction of sp³-hybridized carbons (Fsp3) is 0.294. The Labute approximate surface area is 149 Å². The lowest BCUT2D eigenvalue weighted by atomic mass is 10.3. The molecular formula is C17H18N2O4P2. The lowest BCUT2D eigenvalue weighted by Gasteiger charge is -2.24. The van der Waals surface area contributed by atoms with Gasteiger partial charge in [0.1, 0.15) is 0 Å². The van der Waals surface area contributed by atoms with E-state index in [-0.39, 0.29) is 0 Å². The van der Waals surface area contributed by atoms with Crippen molar-refractivity contribution in [3.63, 3.8) is 0 Å². The topological polar surface area (TPSA) is 43.4 Å². The zero-order valence-electron chi connectivity index (χ0n) is 13.6. The van der Waals surface area contributed by atoms with Gasteiger partial charge in [-0.2, -0.15) is 0 Å². The lowest BCUT2D eigenvalue weighted by Crippen LogP contribution is -2.27. The Hall–Kier alpha value is -1.58. The Balaban J connectivity index is 1.22. The minimum Gasteiger partial charge on any atom is -0.423 e. The molecule has 0 saturated carbocycles. The van der Waals surface area contributed by atoms with Crippen LogP contribution < -0.4 is 18.1 Å². The van der Waals surface area contributed by atoms with Crippen LogP contribution >= 0.6 is 17.1 Å². The summed E-state index contributed by atoms with van der Waals surface area (Å²) in [7, 11) is -2.11. The van der Waals surface area contributed by atoms with Gasteiger partial charge in [-0.3, -0.25) is 0 Å². The normalized spacial score (nSPS) is 21.4. The average molecular weight is 376 g/mol. The highest BCUT2D eigenvalue weighted by Crippen LogP contribution is 2.56. The molecule has 0 N–H and O–H groups in total. The number of nitrogens with zero attached hydrogens (tertiary/aromatic N) is 2. The molecule has 0 bridgehead atoms. The molecule has 1 fully saturated rings. The molecule has 0 amide bonds. The highest BCUT2D eigenvalue weighted by Gasteiger charge is 2.37. The Morgan fingerprint density at radius 1 is 0.560 bits per heavy atom. The second kappa shape index (κ2) is 6.62. The van der Waals surface area contributed by atoms with Crippen LogP contribution in [0.25, 0.3) is 0 Å². The monoisotopic (exact) mass is 376 g/mol. The van der Waals surface area contributed by atoms with Crippen molar-refractivity contribution in [2.45, 2.75) is 6.42 Å². The molecule has 6 nitrogen and oxygen atoms in total. The van der Waals surface area contributed by atoms with Gasteiger partial charge in [0.25, 0.3) is 0 Å². The summed E-state index contributed by atoms with van der Waals surface area (Å²) in [5.74, 6) is 3.38. The van der Waals surface area contributed by atoms with Crippen molar-refractivity contribution in [2.75, 3.05) is 26.2 Å². The first kappa shape index (κ1) is 15.7. The molecule has 5 rings (SSSR count). The summed E-state index contributed by atoms with van der Waals surface area (Å²) in [5, 5.41) is 0. The predicted molar refractivity (Wildman–Crippen MR) is 97.0 cm³/mol. The van der Waals surface area contributed by atoms with E-state index in [0.29, 0.717) is 0 Å². The van der Waals surface area contributed by atoms with E-state index in [4.69, 9.17) is 18.1 Å². The van der Waals surface area contributed by atoms with E-state index in [2.05, 4.69) is 9.34 Å². The summed E-state index contributed by atoms with van der Waals surface area (Å²) >= 11 is 0. The first-order valence-corrected chi connectivity index (χ1v) is 10.6. The first-order chi connectivity index (χ1) is 12.4. The minimum absolute atomic E-state index is 0.844. The van der Waals surface area contributed by atoms with Crippen LogP contribution in [0.2, 0.25) is 0 Å². The molecule has 0 unspecified atom stereocenters. The van der Waals surface area contributed by atoms with Gasteiger partial charge in [-0.05, 0) is 30.7 Å². The molecule has 2 aromatic carbocycles. The van der Waals surface area contributed by atoms with Gasteiger partial charge in [-0.1, -0.05) is 24.3 Å². The van der Waals surface area contributed by atoms with E-state index in [1.54, 1.807) is 0 Å². The fourth-order valence-electron chi connectivity index (χ4n) is 3.02. The number of hydrogen-bond acceptors (Lipinski definition) is 6. The lowest BCUT2D eigenvalue weighted by molar-refractivity contribution is 0.369. The molecule has 0 aliphatic carbocycles. The summed E-state index contributed by atoms with van der Waals surface area (Å²) in [6, 6.07) is 15.7. The molecule has 3 heterocycles. The van der Waals surface area contributed by atoms with Crippen molar-refractivity contribution in [3.05, 3.63) is 48.5 Å². The van der Waals surface area contributed by atoms with Gasteiger partial charge in [0.15, 0.2) is 23.0 Å². The number of rotatable bonds is 2. The maximum absolute atomic E-state index is 6.01. The maximum Gasteiger partial charge on any atom is 0.384 e. The Kier molecular flexibility index (Phi) is 4.15. The molecule has 25 heavy (non-hydrogen) atoms. The SMILES string of the molecule is c1ccc2c(c1)OP(N1CCCN(P3Oc4ccccc4O3)CC1)O2. The molecule has 130 valence electrons. The van der Waals surface area contributed by atoms with Crippen LogP contribution in [-0.2, 0) is 0 Å². The van der Waals surface area contributed by atoms with Gasteiger partial charge < -0.3 is 18.1 Å². The minimum atomic E-state index is -1.05. The predicted octanol–water partition coefficient (Wildman–Crippen LogP) is 4.39. The third-order valence-electron chi connectivity index (χ3n) is 4.31. The number of hydrogen-bond donors (Lipinski definition) is 0. The van der Waals surface area contributed by atoms with Crippen LogP contribution in [0.1, 0.15) is 6.42 Å². The number of benzene rings is 2. The van der Waals surface area contributed by atoms with Crippen LogP contribution in [-0.4, -0.2) is 35.5 Å². The van der Waals surface area contributed by atoms with Crippen LogP contribution in [0.5, 0.6) is 23.0 Å². The Morgan fingerprint density at radius 3 is 1.28 bits per heavy atom. The number of fused-ring (bicyclic) bond motifs is 2. The van der Waals surface area contributed by atoms with Gasteiger partial charge >= 0.3 is 17.1 Å².